The number of fused-ring (bicyclic) bond motifs is 1. The lowest BCUT2D eigenvalue weighted by molar-refractivity contribution is -0.122. The quantitative estimate of drug-likeness (QED) is 0.377. The lowest BCUT2D eigenvalue weighted by Crippen LogP contribution is -2.31. The average molecular weight is 496 g/mol. The van der Waals surface area contributed by atoms with Crippen LogP contribution < -0.4 is 4.90 Å². The molecule has 166 valence electrons. The smallest absolute Gasteiger partial charge is 0.269 e. The van der Waals surface area contributed by atoms with E-state index in [1.807, 2.05) is 60.5 Å². The van der Waals surface area contributed by atoms with Crippen LogP contribution in [0.2, 0.25) is 5.02 Å². The number of carbonyl (C=O) groups excluding carboxylic acids is 1. The van der Waals surface area contributed by atoms with Gasteiger partial charge in [-0.2, -0.15) is 0 Å². The molecule has 33 heavy (non-hydrogen) atoms. The van der Waals surface area contributed by atoms with Crippen LogP contribution in [0, 0.1) is 5.82 Å². The van der Waals surface area contributed by atoms with Crippen molar-refractivity contribution in [2.24, 2.45) is 4.99 Å². The molecule has 0 N–H and O–H groups in total. The number of aliphatic imine (C=N–C) groups is 1. The van der Waals surface area contributed by atoms with Crippen LogP contribution in [0.25, 0.3) is 0 Å². The zero-order valence-electron chi connectivity index (χ0n) is 17.7. The minimum absolute atomic E-state index is 0.0787. The second-order valence-electron chi connectivity index (χ2n) is 7.57. The SMILES string of the molecule is CN1C(=C2SC(=Nc3ccc(F)cc3)N(CCc3ccccc3)C2=O)Sc2ccc(Cl)cc21. The summed E-state index contributed by atoms with van der Waals surface area (Å²) in [6.07, 6.45) is 0.705. The predicted octanol–water partition coefficient (Wildman–Crippen LogP) is 6.70. The molecule has 4 nitrogen and oxygen atoms in total. The minimum Gasteiger partial charge on any atom is -0.337 e. The Morgan fingerprint density at radius 3 is 2.52 bits per heavy atom. The van der Waals surface area contributed by atoms with Gasteiger partial charge in [0.1, 0.15) is 10.7 Å². The van der Waals surface area contributed by atoms with E-state index in [2.05, 4.69) is 4.99 Å². The van der Waals surface area contributed by atoms with Crippen LogP contribution >= 0.6 is 35.1 Å². The number of nitrogens with zero attached hydrogens (tertiary/aromatic N) is 3. The number of amidine groups is 1. The second kappa shape index (κ2) is 9.25. The van der Waals surface area contributed by atoms with Gasteiger partial charge in [0.2, 0.25) is 0 Å². The van der Waals surface area contributed by atoms with Gasteiger partial charge in [-0.15, -0.1) is 0 Å². The van der Waals surface area contributed by atoms with Gasteiger partial charge in [-0.05, 0) is 66.2 Å². The summed E-state index contributed by atoms with van der Waals surface area (Å²) in [7, 11) is 1.94. The summed E-state index contributed by atoms with van der Waals surface area (Å²) in [5.41, 5.74) is 2.72. The molecule has 2 aliphatic heterocycles. The fourth-order valence-corrected chi connectivity index (χ4v) is 6.16. The number of rotatable bonds is 4. The zero-order valence-corrected chi connectivity index (χ0v) is 20.1. The molecule has 3 aromatic carbocycles. The topological polar surface area (TPSA) is 35.9 Å². The molecule has 0 aromatic heterocycles. The van der Waals surface area contributed by atoms with E-state index in [0.717, 1.165) is 21.2 Å². The molecular formula is C25H19ClFN3OS2. The van der Waals surface area contributed by atoms with Crippen LogP contribution in [0.15, 0.2) is 92.6 Å². The number of benzene rings is 3. The van der Waals surface area contributed by atoms with Gasteiger partial charge in [-0.1, -0.05) is 53.7 Å². The lowest BCUT2D eigenvalue weighted by Gasteiger charge is -2.17. The van der Waals surface area contributed by atoms with Gasteiger partial charge < -0.3 is 4.90 Å². The molecule has 0 aliphatic carbocycles. The maximum absolute atomic E-state index is 13.6. The third-order valence-electron chi connectivity index (χ3n) is 5.37. The van der Waals surface area contributed by atoms with Gasteiger partial charge in [0.25, 0.3) is 5.91 Å². The molecule has 1 fully saturated rings. The molecule has 2 aliphatic rings. The molecule has 0 radical (unpaired) electrons. The summed E-state index contributed by atoms with van der Waals surface area (Å²) < 4.78 is 13.4. The average Bonchev–Trinajstić information content (AvgIpc) is 3.30. The number of halogens is 2. The number of anilines is 1. The molecule has 0 spiro atoms. The maximum atomic E-state index is 13.6. The fraction of sp³-hybridized carbons (Fsp3) is 0.120. The lowest BCUT2D eigenvalue weighted by atomic mass is 10.1. The van der Waals surface area contributed by atoms with Crippen LogP contribution in [0.3, 0.4) is 0 Å². The van der Waals surface area contributed by atoms with Crippen molar-refractivity contribution >= 4 is 57.6 Å². The first-order valence-corrected chi connectivity index (χ1v) is 12.3. The highest BCUT2D eigenvalue weighted by Gasteiger charge is 2.39. The molecule has 0 bridgehead atoms. The van der Waals surface area contributed by atoms with E-state index in [9.17, 15) is 9.18 Å². The van der Waals surface area contributed by atoms with E-state index in [-0.39, 0.29) is 11.7 Å². The van der Waals surface area contributed by atoms with Crippen LogP contribution in [-0.4, -0.2) is 29.6 Å². The second-order valence-corrected chi connectivity index (χ2v) is 10.0. The van der Waals surface area contributed by atoms with E-state index in [4.69, 9.17) is 11.6 Å². The normalized spacial score (nSPS) is 19.0. The van der Waals surface area contributed by atoms with E-state index in [1.54, 1.807) is 28.8 Å². The Balaban J connectivity index is 1.50. The molecule has 1 saturated heterocycles. The van der Waals surface area contributed by atoms with Crippen molar-refractivity contribution in [1.82, 2.24) is 4.90 Å². The molecule has 1 amide bonds. The Labute approximate surface area is 205 Å². The van der Waals surface area contributed by atoms with Crippen LogP contribution in [0.4, 0.5) is 15.8 Å². The van der Waals surface area contributed by atoms with Gasteiger partial charge in [0, 0.05) is 23.5 Å². The zero-order chi connectivity index (χ0) is 22.9. The Bertz CT molecular complexity index is 1280. The van der Waals surface area contributed by atoms with Crippen molar-refractivity contribution in [2.75, 3.05) is 18.5 Å². The van der Waals surface area contributed by atoms with Gasteiger partial charge in [0.15, 0.2) is 5.17 Å². The van der Waals surface area contributed by atoms with Crippen molar-refractivity contribution in [1.29, 1.82) is 0 Å². The van der Waals surface area contributed by atoms with Gasteiger partial charge in [-0.3, -0.25) is 9.69 Å². The monoisotopic (exact) mass is 495 g/mol. The highest BCUT2D eigenvalue weighted by atomic mass is 35.5. The Morgan fingerprint density at radius 2 is 1.76 bits per heavy atom. The molecule has 8 heteroatoms. The summed E-state index contributed by atoms with van der Waals surface area (Å²) in [4.78, 5) is 23.7. The van der Waals surface area contributed by atoms with E-state index < -0.39 is 0 Å². The first kappa shape index (κ1) is 22.1. The molecule has 2 heterocycles. The first-order chi connectivity index (χ1) is 16.0. The highest BCUT2D eigenvalue weighted by molar-refractivity contribution is 8.19. The number of hydrogen-bond acceptors (Lipinski definition) is 5. The first-order valence-electron chi connectivity index (χ1n) is 10.3. The van der Waals surface area contributed by atoms with Crippen molar-refractivity contribution in [2.45, 2.75) is 11.3 Å². The molecular weight excluding hydrogens is 477 g/mol. The number of thioether (sulfide) groups is 2. The summed E-state index contributed by atoms with van der Waals surface area (Å²) in [5, 5.41) is 2.10. The van der Waals surface area contributed by atoms with Crippen molar-refractivity contribution < 1.29 is 9.18 Å². The standard InChI is InChI=1S/C25H19ClFN3OS2/c1-29-20-15-17(26)7-12-21(20)32-24(29)22-23(31)30(14-13-16-5-3-2-4-6-16)25(33-22)28-19-10-8-18(27)9-11-19/h2-12,15H,13-14H2,1H3. The van der Waals surface area contributed by atoms with Crippen molar-refractivity contribution in [3.63, 3.8) is 0 Å². The molecule has 3 aromatic rings. The number of hydrogen-bond donors (Lipinski definition) is 0. The Morgan fingerprint density at radius 1 is 1.00 bits per heavy atom. The molecule has 0 saturated carbocycles. The summed E-state index contributed by atoms with van der Waals surface area (Å²) in [6.45, 7) is 0.500. The number of amides is 1. The molecule has 0 atom stereocenters. The van der Waals surface area contributed by atoms with Crippen molar-refractivity contribution in [3.8, 4) is 0 Å². The summed E-state index contributed by atoms with van der Waals surface area (Å²) >= 11 is 9.10. The highest BCUT2D eigenvalue weighted by Crippen LogP contribution is 2.50. The van der Waals surface area contributed by atoms with Crippen LogP contribution in [0.5, 0.6) is 0 Å². The maximum Gasteiger partial charge on any atom is 0.269 e. The molecule has 0 unspecified atom stereocenters. The third-order valence-corrected chi connectivity index (χ3v) is 8.04. The predicted molar refractivity (Wildman–Crippen MR) is 136 cm³/mol. The molecule has 5 rings (SSSR count). The van der Waals surface area contributed by atoms with Gasteiger partial charge >= 0.3 is 0 Å². The fourth-order valence-electron chi connectivity index (χ4n) is 3.65. The number of carbonyl (C=O) groups is 1. The van der Waals surface area contributed by atoms with Crippen LogP contribution in [-0.2, 0) is 11.2 Å². The van der Waals surface area contributed by atoms with E-state index >= 15 is 0 Å². The minimum atomic E-state index is -0.321. The van der Waals surface area contributed by atoms with E-state index in [1.165, 1.54) is 23.9 Å². The Kier molecular flexibility index (Phi) is 6.19. The van der Waals surface area contributed by atoms with Gasteiger partial charge in [0.05, 0.1) is 16.4 Å². The van der Waals surface area contributed by atoms with Crippen LogP contribution in [0.1, 0.15) is 5.56 Å². The largest absolute Gasteiger partial charge is 0.337 e. The summed E-state index contributed by atoms with van der Waals surface area (Å²) in [6, 6.07) is 21.7. The van der Waals surface area contributed by atoms with E-state index in [0.29, 0.717) is 33.7 Å². The van der Waals surface area contributed by atoms with Crippen molar-refractivity contribution in [3.05, 3.63) is 99.1 Å². The van der Waals surface area contributed by atoms with Gasteiger partial charge in [-0.25, -0.2) is 9.38 Å². The Hall–Kier alpha value is -2.74. The summed E-state index contributed by atoms with van der Waals surface area (Å²) in [5.74, 6) is -0.400. The third kappa shape index (κ3) is 4.53.